The summed E-state index contributed by atoms with van der Waals surface area (Å²) in [5.41, 5.74) is 5.76. The predicted octanol–water partition coefficient (Wildman–Crippen LogP) is 3.12. The number of hydrogen-bond acceptors (Lipinski definition) is 2. The van der Waals surface area contributed by atoms with Crippen LogP contribution in [0.3, 0.4) is 0 Å². The van der Waals surface area contributed by atoms with Gasteiger partial charge in [0.25, 0.3) is 5.91 Å². The Kier molecular flexibility index (Phi) is 5.87. The van der Waals surface area contributed by atoms with Crippen LogP contribution in [0.5, 0.6) is 0 Å². The summed E-state index contributed by atoms with van der Waals surface area (Å²) in [6.07, 6.45) is 0.454. The minimum Gasteiger partial charge on any atom is -0.393 e. The van der Waals surface area contributed by atoms with Crippen LogP contribution in [0.2, 0.25) is 0 Å². The predicted molar refractivity (Wildman–Crippen MR) is 81.7 cm³/mol. The molecular weight excluding hydrogens is 331 g/mol. The highest BCUT2D eigenvalue weighted by molar-refractivity contribution is 9.10. The molecule has 0 saturated carbocycles. The molecule has 1 aromatic carbocycles. The molecule has 0 saturated heterocycles. The maximum Gasteiger partial charge on any atom is 0.254 e. The van der Waals surface area contributed by atoms with Crippen LogP contribution >= 0.6 is 28.1 Å². The normalized spacial score (nSPS) is 10.6. The SMILES string of the molecule is CC(C)N(CCC(N)=S)C(=O)c1cc(F)cc(Br)c1. The maximum absolute atomic E-state index is 13.3. The monoisotopic (exact) mass is 346 g/mol. The van der Waals surface area contributed by atoms with Crippen molar-refractivity contribution < 1.29 is 9.18 Å². The zero-order valence-electron chi connectivity index (χ0n) is 10.8. The molecule has 3 nitrogen and oxygen atoms in total. The van der Waals surface area contributed by atoms with Crippen LogP contribution in [0.15, 0.2) is 22.7 Å². The van der Waals surface area contributed by atoms with E-state index in [2.05, 4.69) is 15.9 Å². The topological polar surface area (TPSA) is 46.3 Å². The Hall–Kier alpha value is -1.01. The fraction of sp³-hybridized carbons (Fsp3) is 0.385. The average Bonchev–Trinajstić information content (AvgIpc) is 2.26. The zero-order chi connectivity index (χ0) is 14.6. The first-order valence-electron chi connectivity index (χ1n) is 5.86. The van der Waals surface area contributed by atoms with Crippen molar-refractivity contribution in [2.45, 2.75) is 26.3 Å². The maximum atomic E-state index is 13.3. The number of nitrogens with two attached hydrogens (primary N) is 1. The first-order chi connectivity index (χ1) is 8.81. The fourth-order valence-electron chi connectivity index (χ4n) is 1.67. The van der Waals surface area contributed by atoms with Crippen molar-refractivity contribution in [2.75, 3.05) is 6.54 Å². The lowest BCUT2D eigenvalue weighted by Gasteiger charge is -2.26. The lowest BCUT2D eigenvalue weighted by atomic mass is 10.1. The van der Waals surface area contributed by atoms with E-state index in [-0.39, 0.29) is 11.9 Å². The van der Waals surface area contributed by atoms with Gasteiger partial charge in [-0.25, -0.2) is 4.39 Å². The highest BCUT2D eigenvalue weighted by Crippen LogP contribution is 2.17. The number of thiocarbonyl (C=S) groups is 1. The molecule has 1 aromatic rings. The summed E-state index contributed by atoms with van der Waals surface area (Å²) in [5.74, 6) is -0.678. The molecule has 1 amide bonds. The van der Waals surface area contributed by atoms with Crippen molar-refractivity contribution in [2.24, 2.45) is 5.73 Å². The van der Waals surface area contributed by atoms with Gasteiger partial charge in [0, 0.05) is 29.0 Å². The molecule has 0 aromatic heterocycles. The van der Waals surface area contributed by atoms with Crippen LogP contribution in [0.25, 0.3) is 0 Å². The van der Waals surface area contributed by atoms with Crippen LogP contribution < -0.4 is 5.73 Å². The fourth-order valence-corrected chi connectivity index (χ4v) is 2.22. The number of benzene rings is 1. The van der Waals surface area contributed by atoms with E-state index in [1.165, 1.54) is 12.1 Å². The Labute approximate surface area is 126 Å². The van der Waals surface area contributed by atoms with E-state index < -0.39 is 5.82 Å². The van der Waals surface area contributed by atoms with E-state index in [0.717, 1.165) is 0 Å². The number of nitrogens with zero attached hydrogens (tertiary/aromatic N) is 1. The molecule has 0 fully saturated rings. The number of rotatable bonds is 5. The lowest BCUT2D eigenvalue weighted by Crippen LogP contribution is -2.39. The van der Waals surface area contributed by atoms with Gasteiger partial charge in [0.05, 0.1) is 4.99 Å². The van der Waals surface area contributed by atoms with Gasteiger partial charge in [0.15, 0.2) is 0 Å². The van der Waals surface area contributed by atoms with Gasteiger partial charge in [-0.05, 0) is 32.0 Å². The first-order valence-corrected chi connectivity index (χ1v) is 7.06. The summed E-state index contributed by atoms with van der Waals surface area (Å²) in [7, 11) is 0. The molecule has 0 aliphatic rings. The van der Waals surface area contributed by atoms with E-state index in [1.807, 2.05) is 13.8 Å². The number of amides is 1. The largest absolute Gasteiger partial charge is 0.393 e. The van der Waals surface area contributed by atoms with E-state index in [1.54, 1.807) is 11.0 Å². The summed E-state index contributed by atoms with van der Waals surface area (Å²) in [5, 5.41) is 0. The van der Waals surface area contributed by atoms with Crippen molar-refractivity contribution >= 4 is 39.0 Å². The van der Waals surface area contributed by atoms with Gasteiger partial charge in [-0.1, -0.05) is 28.1 Å². The molecule has 0 spiro atoms. The molecule has 0 aliphatic heterocycles. The van der Waals surface area contributed by atoms with Gasteiger partial charge >= 0.3 is 0 Å². The van der Waals surface area contributed by atoms with Gasteiger partial charge in [-0.3, -0.25) is 4.79 Å². The smallest absolute Gasteiger partial charge is 0.254 e. The standard InChI is InChI=1S/C13H16BrFN2OS/c1-8(2)17(4-3-12(16)19)13(18)9-5-10(14)7-11(15)6-9/h5-8H,3-4H2,1-2H3,(H2,16,19). The molecule has 0 heterocycles. The van der Waals surface area contributed by atoms with Crippen molar-refractivity contribution in [3.63, 3.8) is 0 Å². The molecule has 6 heteroatoms. The minimum absolute atomic E-state index is 0.0103. The molecule has 2 N–H and O–H groups in total. The molecule has 0 aliphatic carbocycles. The highest BCUT2D eigenvalue weighted by Gasteiger charge is 2.19. The number of carbonyl (C=O) groups excluding carboxylic acids is 1. The van der Waals surface area contributed by atoms with Crippen LogP contribution in [-0.4, -0.2) is 28.4 Å². The van der Waals surface area contributed by atoms with Crippen LogP contribution in [0, 0.1) is 5.82 Å². The Morgan fingerprint density at radius 2 is 2.11 bits per heavy atom. The van der Waals surface area contributed by atoms with Crippen LogP contribution in [0.1, 0.15) is 30.6 Å². The Balaban J connectivity index is 2.95. The van der Waals surface area contributed by atoms with Gasteiger partial charge in [0.2, 0.25) is 0 Å². The lowest BCUT2D eigenvalue weighted by molar-refractivity contribution is 0.0711. The Morgan fingerprint density at radius 1 is 1.47 bits per heavy atom. The van der Waals surface area contributed by atoms with E-state index in [9.17, 15) is 9.18 Å². The Bertz CT molecular complexity index is 473. The number of halogens is 2. The number of carbonyl (C=O) groups is 1. The summed E-state index contributed by atoms with van der Waals surface area (Å²) in [4.78, 5) is 14.3. The van der Waals surface area contributed by atoms with Gasteiger partial charge in [-0.2, -0.15) is 0 Å². The average molecular weight is 347 g/mol. The van der Waals surface area contributed by atoms with Gasteiger partial charge in [0.1, 0.15) is 5.82 Å². The third kappa shape index (κ3) is 4.87. The second kappa shape index (κ2) is 6.96. The van der Waals surface area contributed by atoms with Gasteiger partial charge < -0.3 is 10.6 Å². The minimum atomic E-state index is -0.448. The summed E-state index contributed by atoms with van der Waals surface area (Å²) in [6, 6.07) is 4.12. The van der Waals surface area contributed by atoms with E-state index in [4.69, 9.17) is 18.0 Å². The first kappa shape index (κ1) is 16.0. The summed E-state index contributed by atoms with van der Waals surface area (Å²) in [6.45, 7) is 4.22. The molecule has 0 bridgehead atoms. The second-order valence-corrected chi connectivity index (χ2v) is 5.91. The zero-order valence-corrected chi connectivity index (χ0v) is 13.2. The van der Waals surface area contributed by atoms with Crippen molar-refractivity contribution in [3.8, 4) is 0 Å². The second-order valence-electron chi connectivity index (χ2n) is 4.47. The van der Waals surface area contributed by atoms with Crippen LogP contribution in [-0.2, 0) is 0 Å². The summed E-state index contributed by atoms with van der Waals surface area (Å²) >= 11 is 8.00. The third-order valence-electron chi connectivity index (χ3n) is 2.59. The molecule has 0 atom stereocenters. The molecular formula is C13H16BrFN2OS. The number of hydrogen-bond donors (Lipinski definition) is 1. The molecule has 1 rings (SSSR count). The van der Waals surface area contributed by atoms with E-state index in [0.29, 0.717) is 28.0 Å². The quantitative estimate of drug-likeness (QED) is 0.833. The molecule has 0 unspecified atom stereocenters. The Morgan fingerprint density at radius 3 is 2.58 bits per heavy atom. The molecule has 0 radical (unpaired) electrons. The van der Waals surface area contributed by atoms with Crippen LogP contribution in [0.4, 0.5) is 4.39 Å². The third-order valence-corrected chi connectivity index (χ3v) is 3.25. The molecule has 19 heavy (non-hydrogen) atoms. The van der Waals surface area contributed by atoms with E-state index >= 15 is 0 Å². The highest BCUT2D eigenvalue weighted by atomic mass is 79.9. The van der Waals surface area contributed by atoms with Gasteiger partial charge in [-0.15, -0.1) is 0 Å². The summed E-state index contributed by atoms with van der Waals surface area (Å²) < 4.78 is 13.9. The van der Waals surface area contributed by atoms with Crippen molar-refractivity contribution in [3.05, 3.63) is 34.1 Å². The van der Waals surface area contributed by atoms with Crippen molar-refractivity contribution in [1.29, 1.82) is 0 Å². The molecule has 104 valence electrons. The van der Waals surface area contributed by atoms with Crippen molar-refractivity contribution in [1.82, 2.24) is 4.90 Å².